The molecule has 0 spiro atoms. The summed E-state index contributed by atoms with van der Waals surface area (Å²) in [5.41, 5.74) is 22.1. The second kappa shape index (κ2) is 17.7. The zero-order valence-corrected chi connectivity index (χ0v) is 40.2. The van der Waals surface area contributed by atoms with Gasteiger partial charge in [0.05, 0.1) is 5.69 Å². The molecule has 1 aliphatic rings. The molecule has 1 aliphatic carbocycles. The first-order chi connectivity index (χ1) is 35.5. The lowest BCUT2D eigenvalue weighted by Crippen LogP contribution is -2.17. The molecule has 0 fully saturated rings. The van der Waals surface area contributed by atoms with E-state index in [0.717, 1.165) is 89.4 Å². The minimum absolute atomic E-state index is 0.255. The van der Waals surface area contributed by atoms with Gasteiger partial charge in [-0.25, -0.2) is 0 Å². The first kappa shape index (κ1) is 42.9. The lowest BCUT2D eigenvalue weighted by molar-refractivity contribution is 0.660. The summed E-state index contributed by atoms with van der Waals surface area (Å²) in [5.74, 6) is 0. The number of nitrogens with zero attached hydrogens (tertiary/aromatic N) is 2. The molecule has 0 N–H and O–H groups in total. The topological polar surface area (TPSA) is 19.6 Å². The van der Waals surface area contributed by atoms with Gasteiger partial charge in [0.1, 0.15) is 5.58 Å². The summed E-state index contributed by atoms with van der Waals surface area (Å²) in [5, 5.41) is 2.17. The molecule has 0 radical (unpaired) electrons. The Morgan fingerprint density at radius 3 is 1.44 bits per heavy atom. The van der Waals surface area contributed by atoms with Gasteiger partial charge in [-0.05, 0) is 140 Å². The largest absolute Gasteiger partial charge is 0.454 e. The van der Waals surface area contributed by atoms with Gasteiger partial charge >= 0.3 is 0 Å². The van der Waals surface area contributed by atoms with E-state index in [1.807, 2.05) is 6.07 Å². The lowest BCUT2D eigenvalue weighted by Gasteiger charge is -2.31. The van der Waals surface area contributed by atoms with Crippen LogP contribution in [0.3, 0.4) is 0 Å². The van der Waals surface area contributed by atoms with Crippen LogP contribution in [0.1, 0.15) is 25.0 Å². The van der Waals surface area contributed by atoms with Crippen LogP contribution < -0.4 is 9.80 Å². The Balaban J connectivity index is 1.09. The third kappa shape index (κ3) is 7.37. The summed E-state index contributed by atoms with van der Waals surface area (Å²) in [4.78, 5) is 4.82. The van der Waals surface area contributed by atoms with Crippen molar-refractivity contribution in [2.24, 2.45) is 0 Å². The number of rotatable bonds is 10. The molecular weight excluding hydrogens is 873 g/mol. The monoisotopic (exact) mass is 922 g/mol. The molecule has 0 atom stereocenters. The molecular formula is C69H50N2O. The Morgan fingerprint density at radius 2 is 0.806 bits per heavy atom. The van der Waals surface area contributed by atoms with E-state index in [4.69, 9.17) is 4.42 Å². The van der Waals surface area contributed by atoms with Gasteiger partial charge in [0.25, 0.3) is 0 Å². The van der Waals surface area contributed by atoms with Crippen molar-refractivity contribution < 1.29 is 4.42 Å². The smallest absolute Gasteiger partial charge is 0.159 e. The Kier molecular flexibility index (Phi) is 10.5. The van der Waals surface area contributed by atoms with Crippen LogP contribution in [0, 0.1) is 0 Å². The highest BCUT2D eigenvalue weighted by molar-refractivity contribution is 6.10. The molecule has 0 saturated carbocycles. The van der Waals surface area contributed by atoms with E-state index in [9.17, 15) is 0 Å². The first-order valence-electron chi connectivity index (χ1n) is 24.8. The highest BCUT2D eigenvalue weighted by atomic mass is 16.3. The summed E-state index contributed by atoms with van der Waals surface area (Å²) in [6.45, 7) is 4.76. The quantitative estimate of drug-likeness (QED) is 0.136. The maximum atomic E-state index is 6.86. The number of hydrogen-bond donors (Lipinski definition) is 0. The molecule has 12 aromatic rings. The average molecular weight is 923 g/mol. The zero-order valence-electron chi connectivity index (χ0n) is 40.2. The summed E-state index contributed by atoms with van der Waals surface area (Å²) < 4.78 is 6.86. The van der Waals surface area contributed by atoms with Gasteiger partial charge in [-0.15, -0.1) is 0 Å². The molecule has 1 aromatic heterocycles. The third-order valence-corrected chi connectivity index (χ3v) is 14.6. The van der Waals surface area contributed by atoms with Crippen molar-refractivity contribution in [3.63, 3.8) is 0 Å². The summed E-state index contributed by atoms with van der Waals surface area (Å²) in [6, 6.07) is 96.7. The highest BCUT2D eigenvalue weighted by Gasteiger charge is 2.36. The maximum Gasteiger partial charge on any atom is 0.159 e. The highest BCUT2D eigenvalue weighted by Crippen LogP contribution is 2.53. The van der Waals surface area contributed by atoms with Crippen molar-refractivity contribution in [3.05, 3.63) is 278 Å². The Labute approximate surface area is 421 Å². The summed E-state index contributed by atoms with van der Waals surface area (Å²) >= 11 is 0. The third-order valence-electron chi connectivity index (χ3n) is 14.6. The minimum atomic E-state index is -0.255. The maximum absolute atomic E-state index is 6.86. The van der Waals surface area contributed by atoms with Crippen molar-refractivity contribution in [3.8, 4) is 55.6 Å². The van der Waals surface area contributed by atoms with Crippen LogP contribution in [0.15, 0.2) is 271 Å². The Hall–Kier alpha value is -9.18. The van der Waals surface area contributed by atoms with Crippen molar-refractivity contribution in [1.82, 2.24) is 0 Å². The summed E-state index contributed by atoms with van der Waals surface area (Å²) in [6.07, 6.45) is 0. The summed E-state index contributed by atoms with van der Waals surface area (Å²) in [7, 11) is 0. The van der Waals surface area contributed by atoms with E-state index in [0.29, 0.717) is 0 Å². The van der Waals surface area contributed by atoms with Gasteiger partial charge in [0, 0.05) is 44.6 Å². The minimum Gasteiger partial charge on any atom is -0.454 e. The second-order valence-electron chi connectivity index (χ2n) is 19.3. The number of anilines is 6. The second-order valence-corrected chi connectivity index (χ2v) is 19.3. The van der Waals surface area contributed by atoms with Crippen LogP contribution in [-0.2, 0) is 5.41 Å². The van der Waals surface area contributed by atoms with Gasteiger partial charge < -0.3 is 14.2 Å². The van der Waals surface area contributed by atoms with Crippen LogP contribution >= 0.6 is 0 Å². The van der Waals surface area contributed by atoms with E-state index >= 15 is 0 Å². The molecule has 72 heavy (non-hydrogen) atoms. The fourth-order valence-corrected chi connectivity index (χ4v) is 11.2. The molecule has 0 amide bonds. The number of furan rings is 1. The number of fused-ring (bicyclic) bond motifs is 6. The molecule has 0 unspecified atom stereocenters. The predicted octanol–water partition coefficient (Wildman–Crippen LogP) is 19.5. The lowest BCUT2D eigenvalue weighted by atomic mass is 9.81. The van der Waals surface area contributed by atoms with Crippen molar-refractivity contribution in [2.45, 2.75) is 19.3 Å². The van der Waals surface area contributed by atoms with E-state index in [-0.39, 0.29) is 5.41 Å². The van der Waals surface area contributed by atoms with Crippen LogP contribution in [0.2, 0.25) is 0 Å². The molecule has 0 bridgehead atoms. The molecule has 11 aromatic carbocycles. The number of benzene rings is 11. The van der Waals surface area contributed by atoms with E-state index in [1.165, 1.54) is 33.4 Å². The number of hydrogen-bond acceptors (Lipinski definition) is 3. The van der Waals surface area contributed by atoms with Gasteiger partial charge in [-0.2, -0.15) is 0 Å². The standard InChI is InChI=1S/C69H50N2O/c1-69(2)63-44-50(47-22-8-3-9-23-47)38-40-59(63)60-41-39-54(46-64(60)69)70(52-28-14-6-15-29-52)55-42-51(67-57(48-24-10-4-11-25-48)33-20-34-58(67)49-26-12-5-13-27-49)43-56(45-55)71(53-30-16-7-17-31-53)65-36-21-35-62-61-32-18-19-37-66(61)72-68(62)65/h3-46H,1-2H3. The van der Waals surface area contributed by atoms with Crippen LogP contribution in [0.4, 0.5) is 34.1 Å². The fraction of sp³-hybridized carbons (Fsp3) is 0.0435. The van der Waals surface area contributed by atoms with Gasteiger partial charge in [0.15, 0.2) is 5.58 Å². The van der Waals surface area contributed by atoms with Crippen molar-refractivity contribution in [2.75, 3.05) is 9.80 Å². The predicted molar refractivity (Wildman–Crippen MR) is 302 cm³/mol. The Morgan fingerprint density at radius 1 is 0.306 bits per heavy atom. The van der Waals surface area contributed by atoms with Gasteiger partial charge in [-0.1, -0.05) is 208 Å². The van der Waals surface area contributed by atoms with Crippen molar-refractivity contribution >= 4 is 56.1 Å². The average Bonchev–Trinajstić information content (AvgIpc) is 3.94. The van der Waals surface area contributed by atoms with Crippen LogP contribution in [-0.4, -0.2) is 0 Å². The SMILES string of the molecule is CC1(C)c2cc(-c3ccccc3)ccc2-c2ccc(N(c3ccccc3)c3cc(-c4c(-c5ccccc5)cccc4-c4ccccc4)cc(N(c4ccccc4)c4cccc5c4oc4ccccc45)c3)cc21. The molecule has 1 heterocycles. The van der Waals surface area contributed by atoms with Crippen LogP contribution in [0.25, 0.3) is 77.6 Å². The van der Waals surface area contributed by atoms with Crippen molar-refractivity contribution in [1.29, 1.82) is 0 Å². The molecule has 0 saturated heterocycles. The van der Waals surface area contributed by atoms with E-state index in [1.54, 1.807) is 0 Å². The normalized spacial score (nSPS) is 12.4. The molecule has 13 rings (SSSR count). The molecule has 342 valence electrons. The Bertz CT molecular complexity index is 3880. The fourth-order valence-electron chi connectivity index (χ4n) is 11.2. The molecule has 3 heteroatoms. The molecule has 0 aliphatic heterocycles. The van der Waals surface area contributed by atoms with E-state index < -0.39 is 0 Å². The van der Waals surface area contributed by atoms with Gasteiger partial charge in [-0.3, -0.25) is 0 Å². The van der Waals surface area contributed by atoms with Gasteiger partial charge in [0.2, 0.25) is 0 Å². The van der Waals surface area contributed by atoms with Crippen LogP contribution in [0.5, 0.6) is 0 Å². The zero-order chi connectivity index (χ0) is 48.2. The number of para-hydroxylation sites is 4. The van der Waals surface area contributed by atoms with E-state index in [2.05, 4.69) is 285 Å². The molecule has 3 nitrogen and oxygen atoms in total. The first-order valence-corrected chi connectivity index (χ1v) is 24.8.